The van der Waals surface area contributed by atoms with E-state index >= 15 is 0 Å². The van der Waals surface area contributed by atoms with Gasteiger partial charge in [0.05, 0.1) is 0 Å². The van der Waals surface area contributed by atoms with E-state index in [0.717, 1.165) is 11.8 Å². The molecule has 0 amide bonds. The van der Waals surface area contributed by atoms with Crippen LogP contribution in [-0.2, 0) is 12.8 Å². The smallest absolute Gasteiger partial charge is 0.0276 e. The standard InChI is InChI=1S/C19H32/c1-5-6-7-18-12-14-19(15-13-18)11-10-17(4)9-8-16(2)3/h12-17H,5-11H2,1-4H3. The van der Waals surface area contributed by atoms with Crippen LogP contribution in [0.3, 0.4) is 0 Å². The highest BCUT2D eigenvalue weighted by atomic mass is 14.1. The number of benzene rings is 1. The molecule has 1 aromatic rings. The molecule has 0 nitrogen and oxygen atoms in total. The minimum atomic E-state index is 0.847. The summed E-state index contributed by atoms with van der Waals surface area (Å²) in [6.07, 6.45) is 9.17. The Balaban J connectivity index is 2.29. The first-order valence-corrected chi connectivity index (χ1v) is 8.19. The highest BCUT2D eigenvalue weighted by Crippen LogP contribution is 2.18. The third-order valence-electron chi connectivity index (χ3n) is 4.00. The quantitative estimate of drug-likeness (QED) is 0.508. The second kappa shape index (κ2) is 9.18. The van der Waals surface area contributed by atoms with Gasteiger partial charge in [0.25, 0.3) is 0 Å². The van der Waals surface area contributed by atoms with Crippen LogP contribution in [0.15, 0.2) is 24.3 Å². The van der Waals surface area contributed by atoms with Crippen LogP contribution in [0.25, 0.3) is 0 Å². The van der Waals surface area contributed by atoms with E-state index in [9.17, 15) is 0 Å². The normalized spacial score (nSPS) is 12.9. The Morgan fingerprint density at radius 1 is 0.789 bits per heavy atom. The van der Waals surface area contributed by atoms with Gasteiger partial charge in [0.15, 0.2) is 0 Å². The first-order chi connectivity index (χ1) is 9.11. The summed E-state index contributed by atoms with van der Waals surface area (Å²) in [7, 11) is 0. The van der Waals surface area contributed by atoms with Crippen LogP contribution in [0, 0.1) is 11.8 Å². The maximum absolute atomic E-state index is 2.40. The maximum atomic E-state index is 2.40. The molecule has 0 saturated carbocycles. The Morgan fingerprint density at radius 3 is 1.89 bits per heavy atom. The van der Waals surface area contributed by atoms with E-state index in [1.54, 1.807) is 0 Å². The van der Waals surface area contributed by atoms with E-state index < -0.39 is 0 Å². The molecule has 0 heteroatoms. The van der Waals surface area contributed by atoms with Crippen LogP contribution in [0.5, 0.6) is 0 Å². The summed E-state index contributed by atoms with van der Waals surface area (Å²) in [5.41, 5.74) is 3.01. The summed E-state index contributed by atoms with van der Waals surface area (Å²) in [5, 5.41) is 0. The molecule has 0 radical (unpaired) electrons. The first kappa shape index (κ1) is 16.3. The average Bonchev–Trinajstić information content (AvgIpc) is 2.41. The molecule has 0 aliphatic heterocycles. The fourth-order valence-corrected chi connectivity index (χ4v) is 2.43. The molecule has 1 aromatic carbocycles. The molecule has 0 N–H and O–H groups in total. The summed E-state index contributed by atoms with van der Waals surface area (Å²) in [6.45, 7) is 9.30. The van der Waals surface area contributed by atoms with Crippen molar-refractivity contribution in [2.24, 2.45) is 11.8 Å². The summed E-state index contributed by atoms with van der Waals surface area (Å²) >= 11 is 0. The molecule has 1 unspecified atom stereocenters. The second-order valence-electron chi connectivity index (χ2n) is 6.54. The number of aryl methyl sites for hydroxylation is 2. The Labute approximate surface area is 120 Å². The van der Waals surface area contributed by atoms with Gasteiger partial charge in [-0.15, -0.1) is 0 Å². The van der Waals surface area contributed by atoms with Gasteiger partial charge in [0.1, 0.15) is 0 Å². The largest absolute Gasteiger partial charge is 0.0654 e. The lowest BCUT2D eigenvalue weighted by Crippen LogP contribution is -2.00. The van der Waals surface area contributed by atoms with E-state index in [0.29, 0.717) is 0 Å². The van der Waals surface area contributed by atoms with Crippen molar-refractivity contribution in [1.29, 1.82) is 0 Å². The fourth-order valence-electron chi connectivity index (χ4n) is 2.43. The predicted octanol–water partition coefficient (Wildman–Crippen LogP) is 6.03. The summed E-state index contributed by atoms with van der Waals surface area (Å²) in [6, 6.07) is 9.31. The van der Waals surface area contributed by atoms with Crippen molar-refractivity contribution >= 4 is 0 Å². The third-order valence-corrected chi connectivity index (χ3v) is 4.00. The molecule has 0 heterocycles. The molecule has 0 spiro atoms. The van der Waals surface area contributed by atoms with Crippen molar-refractivity contribution in [2.45, 2.75) is 72.6 Å². The molecule has 0 fully saturated rings. The Kier molecular flexibility index (Phi) is 7.86. The lowest BCUT2D eigenvalue weighted by molar-refractivity contribution is 0.428. The number of unbranched alkanes of at least 4 members (excludes halogenated alkanes) is 1. The molecule has 0 aliphatic rings. The average molecular weight is 260 g/mol. The monoisotopic (exact) mass is 260 g/mol. The topological polar surface area (TPSA) is 0 Å². The molecule has 108 valence electrons. The van der Waals surface area contributed by atoms with Gasteiger partial charge in [-0.2, -0.15) is 0 Å². The van der Waals surface area contributed by atoms with Crippen molar-refractivity contribution < 1.29 is 0 Å². The lowest BCUT2D eigenvalue weighted by Gasteiger charge is -2.13. The zero-order chi connectivity index (χ0) is 14.1. The van der Waals surface area contributed by atoms with Gasteiger partial charge in [-0.1, -0.05) is 71.2 Å². The van der Waals surface area contributed by atoms with Gasteiger partial charge in [-0.25, -0.2) is 0 Å². The van der Waals surface area contributed by atoms with E-state index in [2.05, 4.69) is 52.0 Å². The summed E-state index contributed by atoms with van der Waals surface area (Å²) in [5.74, 6) is 1.71. The number of hydrogen-bond donors (Lipinski definition) is 0. The summed E-state index contributed by atoms with van der Waals surface area (Å²) < 4.78 is 0. The van der Waals surface area contributed by atoms with Gasteiger partial charge in [-0.3, -0.25) is 0 Å². The Bertz CT molecular complexity index is 320. The van der Waals surface area contributed by atoms with Crippen molar-refractivity contribution in [3.63, 3.8) is 0 Å². The molecule has 1 atom stereocenters. The maximum Gasteiger partial charge on any atom is -0.0276 e. The second-order valence-corrected chi connectivity index (χ2v) is 6.54. The first-order valence-electron chi connectivity index (χ1n) is 8.19. The molecule has 0 aromatic heterocycles. The minimum Gasteiger partial charge on any atom is -0.0654 e. The third kappa shape index (κ3) is 7.40. The van der Waals surface area contributed by atoms with Crippen LogP contribution < -0.4 is 0 Å². The van der Waals surface area contributed by atoms with Crippen molar-refractivity contribution in [3.8, 4) is 0 Å². The van der Waals surface area contributed by atoms with Gasteiger partial charge in [0.2, 0.25) is 0 Å². The molecule has 0 saturated heterocycles. The Hall–Kier alpha value is -0.780. The number of rotatable bonds is 9. The minimum absolute atomic E-state index is 0.847. The zero-order valence-electron chi connectivity index (χ0n) is 13.4. The van der Waals surface area contributed by atoms with E-state index in [1.807, 2.05) is 0 Å². The molecule has 19 heavy (non-hydrogen) atoms. The lowest BCUT2D eigenvalue weighted by atomic mass is 9.93. The zero-order valence-corrected chi connectivity index (χ0v) is 13.4. The number of hydrogen-bond acceptors (Lipinski definition) is 0. The van der Waals surface area contributed by atoms with Gasteiger partial charge < -0.3 is 0 Å². The van der Waals surface area contributed by atoms with E-state index in [4.69, 9.17) is 0 Å². The van der Waals surface area contributed by atoms with E-state index in [-0.39, 0.29) is 0 Å². The van der Waals surface area contributed by atoms with Crippen LogP contribution in [0.1, 0.15) is 70.9 Å². The van der Waals surface area contributed by atoms with Crippen molar-refractivity contribution in [2.75, 3.05) is 0 Å². The van der Waals surface area contributed by atoms with Gasteiger partial charge in [0, 0.05) is 0 Å². The van der Waals surface area contributed by atoms with Gasteiger partial charge >= 0.3 is 0 Å². The highest BCUT2D eigenvalue weighted by Gasteiger charge is 2.04. The molecule has 1 rings (SSSR count). The predicted molar refractivity (Wildman–Crippen MR) is 86.6 cm³/mol. The molecular formula is C19H32. The van der Waals surface area contributed by atoms with Crippen LogP contribution in [0.2, 0.25) is 0 Å². The SMILES string of the molecule is CCCCc1ccc(CCC(C)CCC(C)C)cc1. The summed E-state index contributed by atoms with van der Waals surface area (Å²) in [4.78, 5) is 0. The molecule has 0 aliphatic carbocycles. The highest BCUT2D eigenvalue weighted by molar-refractivity contribution is 5.22. The van der Waals surface area contributed by atoms with Crippen molar-refractivity contribution in [3.05, 3.63) is 35.4 Å². The molecular weight excluding hydrogens is 228 g/mol. The van der Waals surface area contributed by atoms with Crippen LogP contribution in [-0.4, -0.2) is 0 Å². The van der Waals surface area contributed by atoms with Gasteiger partial charge in [-0.05, 0) is 48.6 Å². The van der Waals surface area contributed by atoms with Crippen LogP contribution in [0.4, 0.5) is 0 Å². The Morgan fingerprint density at radius 2 is 1.37 bits per heavy atom. The van der Waals surface area contributed by atoms with E-state index in [1.165, 1.54) is 56.1 Å². The molecule has 0 bridgehead atoms. The van der Waals surface area contributed by atoms with Crippen LogP contribution >= 0.6 is 0 Å². The fraction of sp³-hybridized carbons (Fsp3) is 0.684. The van der Waals surface area contributed by atoms with Crippen molar-refractivity contribution in [1.82, 2.24) is 0 Å².